The van der Waals surface area contributed by atoms with Crippen LogP contribution in [0, 0.1) is 23.2 Å². The van der Waals surface area contributed by atoms with Gasteiger partial charge in [0.25, 0.3) is 0 Å². The Morgan fingerprint density at radius 2 is 1.71 bits per heavy atom. The topological polar surface area (TPSA) is 100 Å². The molecule has 2 aromatic carbocycles. The Balaban J connectivity index is 1.50. The molecule has 2 amide bonds. The van der Waals surface area contributed by atoms with Crippen molar-refractivity contribution in [1.82, 2.24) is 5.32 Å². The summed E-state index contributed by atoms with van der Waals surface area (Å²) in [6.07, 6.45) is 0.528. The summed E-state index contributed by atoms with van der Waals surface area (Å²) >= 11 is 0. The molecule has 1 aliphatic rings. The lowest BCUT2D eigenvalue weighted by Gasteiger charge is -2.10. The Hall–Kier alpha value is -3.53. The highest BCUT2D eigenvalue weighted by atomic mass is 16.5. The molecule has 0 spiro atoms. The Bertz CT molecular complexity index is 918. The number of amides is 2. The van der Waals surface area contributed by atoms with Gasteiger partial charge >= 0.3 is 0 Å². The van der Waals surface area contributed by atoms with Crippen LogP contribution in [0.5, 0.6) is 11.5 Å². The smallest absolute Gasteiger partial charge is 0.228 e. The Kier molecular flexibility index (Phi) is 5.80. The first-order valence-corrected chi connectivity index (χ1v) is 8.85. The van der Waals surface area contributed by atoms with Crippen LogP contribution in [0.15, 0.2) is 42.5 Å². The summed E-state index contributed by atoms with van der Waals surface area (Å²) < 4.78 is 10.4. The number of nitrogens with one attached hydrogen (secondary N) is 2. The van der Waals surface area contributed by atoms with Crippen molar-refractivity contribution in [2.24, 2.45) is 11.8 Å². The van der Waals surface area contributed by atoms with Crippen molar-refractivity contribution in [2.75, 3.05) is 19.5 Å². The van der Waals surface area contributed by atoms with Gasteiger partial charge in [-0.2, -0.15) is 5.26 Å². The van der Waals surface area contributed by atoms with Crippen LogP contribution in [0.2, 0.25) is 0 Å². The van der Waals surface area contributed by atoms with Gasteiger partial charge in [-0.05, 0) is 48.4 Å². The van der Waals surface area contributed by atoms with Crippen LogP contribution in [-0.4, -0.2) is 26.0 Å². The summed E-state index contributed by atoms with van der Waals surface area (Å²) in [6.45, 7) is 0.347. The van der Waals surface area contributed by atoms with Gasteiger partial charge < -0.3 is 20.1 Å². The fraction of sp³-hybridized carbons (Fsp3) is 0.286. The molecule has 7 nitrogen and oxygen atoms in total. The van der Waals surface area contributed by atoms with E-state index >= 15 is 0 Å². The van der Waals surface area contributed by atoms with Gasteiger partial charge in [0.05, 0.1) is 37.7 Å². The van der Waals surface area contributed by atoms with E-state index in [1.54, 1.807) is 50.6 Å². The molecule has 3 rings (SSSR count). The van der Waals surface area contributed by atoms with E-state index in [4.69, 9.17) is 14.7 Å². The highest BCUT2D eigenvalue weighted by Crippen LogP contribution is 2.39. The number of hydrogen-bond acceptors (Lipinski definition) is 5. The normalized spacial score (nSPS) is 17.2. The molecule has 2 unspecified atom stereocenters. The van der Waals surface area contributed by atoms with Crippen LogP contribution >= 0.6 is 0 Å². The molecule has 144 valence electrons. The zero-order valence-electron chi connectivity index (χ0n) is 15.7. The number of nitriles is 1. The molecule has 0 saturated heterocycles. The largest absolute Gasteiger partial charge is 0.493 e. The van der Waals surface area contributed by atoms with Crippen molar-refractivity contribution >= 4 is 17.5 Å². The van der Waals surface area contributed by atoms with E-state index < -0.39 is 0 Å². The number of anilines is 1. The maximum absolute atomic E-state index is 12.3. The summed E-state index contributed by atoms with van der Waals surface area (Å²) in [5.41, 5.74) is 2.02. The van der Waals surface area contributed by atoms with E-state index in [1.165, 1.54) is 0 Å². The highest BCUT2D eigenvalue weighted by molar-refractivity contribution is 5.99. The van der Waals surface area contributed by atoms with E-state index in [0.29, 0.717) is 35.7 Å². The standard InChI is InChI=1S/C21H21N3O4/c1-27-18-8-5-14(9-19(18)28-2)12-23-20(25)16-10-17(16)21(26)24-15-6-3-13(11-22)4-7-15/h3-9,16-17H,10,12H2,1-2H3,(H,23,25)(H,24,26). The number of carbonyl (C=O) groups excluding carboxylic acids is 2. The fourth-order valence-corrected chi connectivity index (χ4v) is 2.95. The maximum atomic E-state index is 12.3. The predicted molar refractivity (Wildman–Crippen MR) is 103 cm³/mol. The average molecular weight is 379 g/mol. The fourth-order valence-electron chi connectivity index (χ4n) is 2.95. The third-order valence-corrected chi connectivity index (χ3v) is 4.66. The molecule has 0 aromatic heterocycles. The Morgan fingerprint density at radius 1 is 1.04 bits per heavy atom. The summed E-state index contributed by atoms with van der Waals surface area (Å²) in [4.78, 5) is 24.6. The second-order valence-electron chi connectivity index (χ2n) is 6.53. The van der Waals surface area contributed by atoms with Gasteiger partial charge in [0.15, 0.2) is 11.5 Å². The van der Waals surface area contributed by atoms with E-state index in [2.05, 4.69) is 10.6 Å². The van der Waals surface area contributed by atoms with Crippen molar-refractivity contribution < 1.29 is 19.1 Å². The van der Waals surface area contributed by atoms with Crippen LogP contribution in [0.3, 0.4) is 0 Å². The van der Waals surface area contributed by atoms with Crippen LogP contribution in [-0.2, 0) is 16.1 Å². The van der Waals surface area contributed by atoms with Crippen molar-refractivity contribution in [3.63, 3.8) is 0 Å². The number of hydrogen-bond donors (Lipinski definition) is 2. The monoisotopic (exact) mass is 379 g/mol. The molecule has 2 N–H and O–H groups in total. The number of methoxy groups -OCH3 is 2. The highest BCUT2D eigenvalue weighted by Gasteiger charge is 2.47. The third-order valence-electron chi connectivity index (χ3n) is 4.66. The molecule has 0 bridgehead atoms. The Morgan fingerprint density at radius 3 is 2.36 bits per heavy atom. The van der Waals surface area contributed by atoms with Gasteiger partial charge in [-0.3, -0.25) is 9.59 Å². The first-order valence-electron chi connectivity index (χ1n) is 8.85. The minimum atomic E-state index is -0.332. The van der Waals surface area contributed by atoms with Crippen molar-refractivity contribution in [3.05, 3.63) is 53.6 Å². The summed E-state index contributed by atoms with van der Waals surface area (Å²) in [6, 6.07) is 14.1. The second kappa shape index (κ2) is 8.44. The van der Waals surface area contributed by atoms with Gasteiger partial charge in [-0.1, -0.05) is 6.07 Å². The number of nitrogens with zero attached hydrogens (tertiary/aromatic N) is 1. The van der Waals surface area contributed by atoms with Gasteiger partial charge in [0, 0.05) is 12.2 Å². The molecule has 0 aliphatic heterocycles. The molecule has 2 atom stereocenters. The molecule has 1 fully saturated rings. The lowest BCUT2D eigenvalue weighted by Crippen LogP contribution is -2.27. The Labute approximate surface area is 163 Å². The molecule has 7 heteroatoms. The number of benzene rings is 2. The minimum Gasteiger partial charge on any atom is -0.493 e. The second-order valence-corrected chi connectivity index (χ2v) is 6.53. The van der Waals surface area contributed by atoms with E-state index in [0.717, 1.165) is 5.56 Å². The number of carbonyl (C=O) groups is 2. The molecular weight excluding hydrogens is 358 g/mol. The molecule has 0 radical (unpaired) electrons. The van der Waals surface area contributed by atoms with Crippen molar-refractivity contribution in [1.29, 1.82) is 5.26 Å². The SMILES string of the molecule is COc1ccc(CNC(=O)C2CC2C(=O)Nc2ccc(C#N)cc2)cc1OC. The van der Waals surface area contributed by atoms with Crippen LogP contribution in [0.4, 0.5) is 5.69 Å². The van der Waals surface area contributed by atoms with Gasteiger partial charge in [-0.25, -0.2) is 0 Å². The lowest BCUT2D eigenvalue weighted by molar-refractivity contribution is -0.125. The maximum Gasteiger partial charge on any atom is 0.228 e. The van der Waals surface area contributed by atoms with Crippen LogP contribution in [0.25, 0.3) is 0 Å². The molecule has 1 saturated carbocycles. The minimum absolute atomic E-state index is 0.144. The van der Waals surface area contributed by atoms with Gasteiger partial charge in [0.2, 0.25) is 11.8 Å². The summed E-state index contributed by atoms with van der Waals surface area (Å²) in [5.74, 6) is 0.241. The summed E-state index contributed by atoms with van der Waals surface area (Å²) in [5, 5.41) is 14.4. The molecule has 1 aliphatic carbocycles. The van der Waals surface area contributed by atoms with E-state index in [-0.39, 0.29) is 23.7 Å². The molecule has 28 heavy (non-hydrogen) atoms. The first-order chi connectivity index (χ1) is 13.5. The van der Waals surface area contributed by atoms with E-state index in [9.17, 15) is 9.59 Å². The molecule has 2 aromatic rings. The van der Waals surface area contributed by atoms with Crippen LogP contribution < -0.4 is 20.1 Å². The predicted octanol–water partition coefficient (Wildman–Crippen LogP) is 2.47. The van der Waals surface area contributed by atoms with Crippen molar-refractivity contribution in [3.8, 4) is 17.6 Å². The van der Waals surface area contributed by atoms with E-state index in [1.807, 2.05) is 12.1 Å². The molecule has 0 heterocycles. The van der Waals surface area contributed by atoms with Gasteiger partial charge in [-0.15, -0.1) is 0 Å². The third kappa shape index (κ3) is 4.41. The zero-order valence-corrected chi connectivity index (χ0v) is 15.7. The van der Waals surface area contributed by atoms with Gasteiger partial charge in [0.1, 0.15) is 0 Å². The average Bonchev–Trinajstić information content (AvgIpc) is 3.53. The summed E-state index contributed by atoms with van der Waals surface area (Å²) in [7, 11) is 3.12. The molecular formula is C21H21N3O4. The van der Waals surface area contributed by atoms with Crippen LogP contribution in [0.1, 0.15) is 17.5 Å². The number of ether oxygens (including phenoxy) is 2. The zero-order chi connectivity index (χ0) is 20.1. The lowest BCUT2D eigenvalue weighted by atomic mass is 10.2. The van der Waals surface area contributed by atoms with Crippen molar-refractivity contribution in [2.45, 2.75) is 13.0 Å². The quantitative estimate of drug-likeness (QED) is 0.770. The number of rotatable bonds is 7. The first kappa shape index (κ1) is 19.2.